The lowest BCUT2D eigenvalue weighted by molar-refractivity contribution is -0.113. The van der Waals surface area contributed by atoms with Gasteiger partial charge in [0.25, 0.3) is 0 Å². The number of nitrogens with one attached hydrogen (secondary N) is 1. The smallest absolute Gasteiger partial charge is 0.234 e. The second-order valence-corrected chi connectivity index (χ2v) is 7.83. The van der Waals surface area contributed by atoms with Crippen LogP contribution in [0.25, 0.3) is 10.2 Å². The molecule has 0 radical (unpaired) electrons. The molecule has 0 aliphatic heterocycles. The molecule has 4 aromatic rings. The number of anilines is 1. The van der Waals surface area contributed by atoms with E-state index in [1.165, 1.54) is 17.3 Å². The van der Waals surface area contributed by atoms with Gasteiger partial charge < -0.3 is 5.32 Å². The molecule has 4 rings (SSSR count). The molecule has 0 saturated carbocycles. The van der Waals surface area contributed by atoms with Crippen molar-refractivity contribution in [3.8, 4) is 0 Å². The summed E-state index contributed by atoms with van der Waals surface area (Å²) in [7, 11) is 0. The molecule has 1 N–H and O–H groups in total. The Bertz CT molecular complexity index is 1060. The third kappa shape index (κ3) is 4.35. The molecule has 0 aliphatic carbocycles. The Labute approximate surface area is 165 Å². The van der Waals surface area contributed by atoms with Gasteiger partial charge in [0.15, 0.2) is 0 Å². The van der Waals surface area contributed by atoms with E-state index in [1.807, 2.05) is 47.8 Å². The molecule has 27 heavy (non-hydrogen) atoms. The number of thiophene rings is 1. The van der Waals surface area contributed by atoms with Crippen LogP contribution in [-0.4, -0.2) is 21.6 Å². The molecule has 0 spiro atoms. The number of carbonyl (C=O) groups excluding carboxylic acids is 1. The molecule has 0 unspecified atom stereocenters. The van der Waals surface area contributed by atoms with Crippen molar-refractivity contribution in [1.82, 2.24) is 9.97 Å². The molecule has 134 valence electrons. The Hall–Kier alpha value is -2.70. The number of thioether (sulfide) groups is 1. The third-order valence-electron chi connectivity index (χ3n) is 4.09. The van der Waals surface area contributed by atoms with Crippen LogP contribution in [0.15, 0.2) is 77.4 Å². The summed E-state index contributed by atoms with van der Waals surface area (Å²) in [4.78, 5) is 22.0. The van der Waals surface area contributed by atoms with Crippen molar-refractivity contribution in [2.45, 2.75) is 11.4 Å². The second kappa shape index (κ2) is 8.33. The highest BCUT2D eigenvalue weighted by molar-refractivity contribution is 8.00. The fourth-order valence-corrected chi connectivity index (χ4v) is 4.39. The maximum atomic E-state index is 12.5. The highest BCUT2D eigenvalue weighted by Crippen LogP contribution is 2.28. The SMILES string of the molecule is O=C(CSc1ncnc2sccc12)Nc1ccccc1Cc1ccccc1. The second-order valence-electron chi connectivity index (χ2n) is 5.97. The van der Waals surface area contributed by atoms with Gasteiger partial charge in [-0.15, -0.1) is 11.3 Å². The molecule has 6 heteroatoms. The van der Waals surface area contributed by atoms with Gasteiger partial charge in [-0.3, -0.25) is 4.79 Å². The number of para-hydroxylation sites is 1. The van der Waals surface area contributed by atoms with E-state index in [0.717, 1.165) is 32.9 Å². The van der Waals surface area contributed by atoms with E-state index in [0.29, 0.717) is 5.75 Å². The van der Waals surface area contributed by atoms with Crippen LogP contribution in [0.2, 0.25) is 0 Å². The van der Waals surface area contributed by atoms with Gasteiger partial charge in [0.2, 0.25) is 5.91 Å². The highest BCUT2D eigenvalue weighted by Gasteiger charge is 2.11. The maximum absolute atomic E-state index is 12.5. The molecule has 0 atom stereocenters. The molecule has 0 saturated heterocycles. The lowest BCUT2D eigenvalue weighted by Crippen LogP contribution is -2.15. The molecule has 4 nitrogen and oxygen atoms in total. The van der Waals surface area contributed by atoms with Crippen molar-refractivity contribution in [3.05, 3.63) is 83.5 Å². The summed E-state index contributed by atoms with van der Waals surface area (Å²) in [6.07, 6.45) is 2.33. The molecule has 1 amide bonds. The maximum Gasteiger partial charge on any atom is 0.234 e. The van der Waals surface area contributed by atoms with Gasteiger partial charge in [-0.05, 0) is 35.1 Å². The fourth-order valence-electron chi connectivity index (χ4n) is 2.81. The molecule has 2 heterocycles. The summed E-state index contributed by atoms with van der Waals surface area (Å²) >= 11 is 3.01. The highest BCUT2D eigenvalue weighted by atomic mass is 32.2. The minimum Gasteiger partial charge on any atom is -0.325 e. The number of nitrogens with zero attached hydrogens (tertiary/aromatic N) is 2. The first-order chi connectivity index (χ1) is 13.3. The predicted molar refractivity (Wildman–Crippen MR) is 112 cm³/mol. The van der Waals surface area contributed by atoms with Crippen LogP contribution < -0.4 is 5.32 Å². The third-order valence-corrected chi connectivity index (χ3v) is 5.92. The van der Waals surface area contributed by atoms with E-state index < -0.39 is 0 Å². The molecular formula is C21H17N3OS2. The van der Waals surface area contributed by atoms with Gasteiger partial charge in [0.1, 0.15) is 16.2 Å². The van der Waals surface area contributed by atoms with Crippen LogP contribution in [-0.2, 0) is 11.2 Å². The minimum absolute atomic E-state index is 0.0393. The number of carbonyl (C=O) groups is 1. The average molecular weight is 392 g/mol. The summed E-state index contributed by atoms with van der Waals surface area (Å²) in [6, 6.07) is 20.2. The zero-order valence-electron chi connectivity index (χ0n) is 14.5. The first kappa shape index (κ1) is 17.7. The van der Waals surface area contributed by atoms with Crippen molar-refractivity contribution in [3.63, 3.8) is 0 Å². The number of hydrogen-bond donors (Lipinski definition) is 1. The first-order valence-electron chi connectivity index (χ1n) is 8.52. The molecule has 2 aromatic carbocycles. The van der Waals surface area contributed by atoms with Crippen LogP contribution in [0.3, 0.4) is 0 Å². The van der Waals surface area contributed by atoms with E-state index in [1.54, 1.807) is 17.7 Å². The van der Waals surface area contributed by atoms with Gasteiger partial charge >= 0.3 is 0 Å². The van der Waals surface area contributed by atoms with Gasteiger partial charge in [0.05, 0.1) is 5.75 Å². The molecule has 0 aliphatic rings. The van der Waals surface area contributed by atoms with Crippen molar-refractivity contribution in [1.29, 1.82) is 0 Å². The van der Waals surface area contributed by atoms with E-state index in [2.05, 4.69) is 33.5 Å². The topological polar surface area (TPSA) is 54.9 Å². The number of fused-ring (bicyclic) bond motifs is 1. The van der Waals surface area contributed by atoms with Crippen LogP contribution in [0.1, 0.15) is 11.1 Å². The van der Waals surface area contributed by atoms with Crippen molar-refractivity contribution < 1.29 is 4.79 Å². The summed E-state index contributed by atoms with van der Waals surface area (Å²) in [5, 5.41) is 6.88. The zero-order chi connectivity index (χ0) is 18.5. The summed E-state index contributed by atoms with van der Waals surface area (Å²) in [5.41, 5.74) is 3.18. The number of rotatable bonds is 6. The van der Waals surface area contributed by atoms with Crippen LogP contribution in [0.4, 0.5) is 5.69 Å². The van der Waals surface area contributed by atoms with Crippen molar-refractivity contribution in [2.75, 3.05) is 11.1 Å². The molecule has 2 aromatic heterocycles. The molecule has 0 fully saturated rings. The largest absolute Gasteiger partial charge is 0.325 e. The van der Waals surface area contributed by atoms with Gasteiger partial charge in [-0.2, -0.15) is 0 Å². The average Bonchev–Trinajstić information content (AvgIpc) is 3.18. The van der Waals surface area contributed by atoms with Crippen LogP contribution in [0.5, 0.6) is 0 Å². The van der Waals surface area contributed by atoms with E-state index in [9.17, 15) is 4.79 Å². The normalized spacial score (nSPS) is 10.8. The number of aromatic nitrogens is 2. The van der Waals surface area contributed by atoms with E-state index >= 15 is 0 Å². The molecular weight excluding hydrogens is 374 g/mol. The van der Waals surface area contributed by atoms with Gasteiger partial charge in [0, 0.05) is 11.1 Å². The first-order valence-corrected chi connectivity index (χ1v) is 10.4. The number of hydrogen-bond acceptors (Lipinski definition) is 5. The Balaban J connectivity index is 1.43. The monoisotopic (exact) mass is 391 g/mol. The van der Waals surface area contributed by atoms with E-state index in [4.69, 9.17) is 0 Å². The lowest BCUT2D eigenvalue weighted by Gasteiger charge is -2.11. The lowest BCUT2D eigenvalue weighted by atomic mass is 10.0. The summed E-state index contributed by atoms with van der Waals surface area (Å²) < 4.78 is 0. The zero-order valence-corrected chi connectivity index (χ0v) is 16.1. The summed E-state index contributed by atoms with van der Waals surface area (Å²) in [5.74, 6) is 0.268. The number of benzene rings is 2. The molecule has 0 bridgehead atoms. The number of amides is 1. The quantitative estimate of drug-likeness (QED) is 0.371. The van der Waals surface area contributed by atoms with Crippen molar-refractivity contribution >= 4 is 44.9 Å². The fraction of sp³-hybridized carbons (Fsp3) is 0.0952. The van der Waals surface area contributed by atoms with Crippen LogP contribution >= 0.6 is 23.1 Å². The minimum atomic E-state index is -0.0393. The summed E-state index contributed by atoms with van der Waals surface area (Å²) in [6.45, 7) is 0. The van der Waals surface area contributed by atoms with E-state index in [-0.39, 0.29) is 5.91 Å². The predicted octanol–water partition coefficient (Wildman–Crippen LogP) is 5.01. The van der Waals surface area contributed by atoms with Gasteiger partial charge in [-0.1, -0.05) is 60.3 Å². The van der Waals surface area contributed by atoms with Gasteiger partial charge in [-0.25, -0.2) is 9.97 Å². The van der Waals surface area contributed by atoms with Crippen molar-refractivity contribution in [2.24, 2.45) is 0 Å². The standard InChI is InChI=1S/C21H17N3OS2/c25-19(13-27-21-17-10-11-26-20(17)22-14-23-21)24-18-9-5-4-8-16(18)12-15-6-2-1-3-7-15/h1-11,14H,12-13H2,(H,24,25). The Morgan fingerprint density at radius 3 is 2.70 bits per heavy atom. The van der Waals surface area contributed by atoms with Crippen LogP contribution in [0, 0.1) is 0 Å². The Kier molecular flexibility index (Phi) is 5.46. The Morgan fingerprint density at radius 2 is 1.81 bits per heavy atom. The Morgan fingerprint density at radius 1 is 1.00 bits per heavy atom.